The van der Waals surface area contributed by atoms with Crippen LogP contribution in [0.4, 0.5) is 0 Å². The van der Waals surface area contributed by atoms with E-state index in [1.54, 1.807) is 0 Å². The van der Waals surface area contributed by atoms with Gasteiger partial charge >= 0.3 is 0 Å². The number of nitrogens with one attached hydrogen (secondary N) is 1. The van der Waals surface area contributed by atoms with Crippen LogP contribution in [0.2, 0.25) is 0 Å². The summed E-state index contributed by atoms with van der Waals surface area (Å²) in [6.45, 7) is 0. The number of fused-ring (bicyclic) bond motifs is 4. The van der Waals surface area contributed by atoms with E-state index in [0.717, 1.165) is 26.5 Å². The molecule has 18 heavy (non-hydrogen) atoms. The SMILES string of the molecule is Brc1cccc2[nH]c3nc4ccccc4cc3c12. The van der Waals surface area contributed by atoms with E-state index in [1.807, 2.05) is 24.3 Å². The van der Waals surface area contributed by atoms with Crippen molar-refractivity contribution >= 4 is 48.8 Å². The average molecular weight is 297 g/mol. The second kappa shape index (κ2) is 3.56. The average Bonchev–Trinajstić information content (AvgIpc) is 2.74. The van der Waals surface area contributed by atoms with Crippen molar-refractivity contribution in [1.29, 1.82) is 0 Å². The van der Waals surface area contributed by atoms with Gasteiger partial charge in [-0.1, -0.05) is 40.2 Å². The van der Waals surface area contributed by atoms with E-state index in [0.29, 0.717) is 0 Å². The molecule has 0 aliphatic heterocycles. The molecule has 0 radical (unpaired) electrons. The number of benzene rings is 2. The number of halogens is 1. The van der Waals surface area contributed by atoms with Crippen LogP contribution in [0.5, 0.6) is 0 Å². The van der Waals surface area contributed by atoms with Gasteiger partial charge in [-0.25, -0.2) is 4.98 Å². The maximum absolute atomic E-state index is 4.68. The first-order valence-corrected chi connectivity index (χ1v) is 6.58. The Kier molecular flexibility index (Phi) is 2.00. The fourth-order valence-corrected chi connectivity index (χ4v) is 3.01. The third-order valence-corrected chi connectivity index (χ3v) is 3.92. The third kappa shape index (κ3) is 1.31. The molecule has 4 rings (SSSR count). The fraction of sp³-hybridized carbons (Fsp3) is 0. The molecule has 0 saturated carbocycles. The molecule has 1 N–H and O–H groups in total. The molecule has 2 nitrogen and oxygen atoms in total. The lowest BCUT2D eigenvalue weighted by Crippen LogP contribution is -1.79. The normalized spacial score (nSPS) is 11.6. The zero-order chi connectivity index (χ0) is 12.1. The zero-order valence-electron chi connectivity index (χ0n) is 9.44. The Bertz CT molecular complexity index is 893. The first kappa shape index (κ1) is 10.1. The summed E-state index contributed by atoms with van der Waals surface area (Å²) in [5.41, 5.74) is 3.07. The molecule has 4 aromatic rings. The number of para-hydroxylation sites is 1. The number of nitrogens with zero attached hydrogens (tertiary/aromatic N) is 1. The molecule has 0 fully saturated rings. The van der Waals surface area contributed by atoms with Crippen LogP contribution in [-0.4, -0.2) is 9.97 Å². The Morgan fingerprint density at radius 1 is 1.00 bits per heavy atom. The highest BCUT2D eigenvalue weighted by Crippen LogP contribution is 2.32. The van der Waals surface area contributed by atoms with Crippen molar-refractivity contribution in [3.8, 4) is 0 Å². The second-order valence-corrected chi connectivity index (χ2v) is 5.22. The first-order valence-electron chi connectivity index (χ1n) is 5.78. The van der Waals surface area contributed by atoms with Gasteiger partial charge in [0, 0.05) is 26.1 Å². The lowest BCUT2D eigenvalue weighted by atomic mass is 10.1. The van der Waals surface area contributed by atoms with E-state index >= 15 is 0 Å². The van der Waals surface area contributed by atoms with Gasteiger partial charge in [-0.3, -0.25) is 0 Å². The molecule has 3 heteroatoms. The van der Waals surface area contributed by atoms with Gasteiger partial charge in [0.15, 0.2) is 0 Å². The number of hydrogen-bond acceptors (Lipinski definition) is 1. The monoisotopic (exact) mass is 296 g/mol. The minimum atomic E-state index is 0.940. The van der Waals surface area contributed by atoms with E-state index in [4.69, 9.17) is 0 Å². The molecule has 2 aromatic heterocycles. The maximum Gasteiger partial charge on any atom is 0.139 e. The Hall–Kier alpha value is -1.87. The van der Waals surface area contributed by atoms with Crippen molar-refractivity contribution in [2.24, 2.45) is 0 Å². The summed E-state index contributed by atoms with van der Waals surface area (Å²) < 4.78 is 1.10. The van der Waals surface area contributed by atoms with Crippen molar-refractivity contribution in [3.05, 3.63) is 53.0 Å². The standard InChI is InChI=1S/C15H9BrN2/c16-11-5-3-7-13-14(11)10-8-9-4-1-2-6-12(9)17-15(10)18-13/h1-8H,(H,17,18). The maximum atomic E-state index is 4.68. The molecule has 0 aliphatic carbocycles. The predicted molar refractivity (Wildman–Crippen MR) is 78.8 cm³/mol. The van der Waals surface area contributed by atoms with Crippen molar-refractivity contribution in [2.45, 2.75) is 0 Å². The summed E-state index contributed by atoms with van der Waals surface area (Å²) in [5, 5.41) is 3.53. The van der Waals surface area contributed by atoms with Crippen molar-refractivity contribution in [1.82, 2.24) is 9.97 Å². The topological polar surface area (TPSA) is 28.7 Å². The van der Waals surface area contributed by atoms with Crippen LogP contribution in [0, 0.1) is 0 Å². The largest absolute Gasteiger partial charge is 0.339 e. The van der Waals surface area contributed by atoms with Gasteiger partial charge in [-0.05, 0) is 24.3 Å². The number of aromatic nitrogens is 2. The van der Waals surface area contributed by atoms with Crippen LogP contribution in [0.15, 0.2) is 53.0 Å². The number of rotatable bonds is 0. The minimum absolute atomic E-state index is 0.940. The fourth-order valence-electron chi connectivity index (χ4n) is 2.43. The summed E-state index contributed by atoms with van der Waals surface area (Å²) in [7, 11) is 0. The highest BCUT2D eigenvalue weighted by molar-refractivity contribution is 9.10. The predicted octanol–water partition coefficient (Wildman–Crippen LogP) is 4.63. The number of pyridine rings is 1. The van der Waals surface area contributed by atoms with E-state index in [2.05, 4.69) is 50.2 Å². The number of H-pyrrole nitrogens is 1. The Balaban J connectivity index is 2.29. The lowest BCUT2D eigenvalue weighted by molar-refractivity contribution is 1.40. The quantitative estimate of drug-likeness (QED) is 0.503. The molecule has 0 aliphatic rings. The molecular formula is C15H9BrN2. The Labute approximate surface area is 112 Å². The second-order valence-electron chi connectivity index (χ2n) is 4.36. The summed E-state index contributed by atoms with van der Waals surface area (Å²) >= 11 is 3.61. The van der Waals surface area contributed by atoms with Crippen LogP contribution in [0.3, 0.4) is 0 Å². The highest BCUT2D eigenvalue weighted by atomic mass is 79.9. The van der Waals surface area contributed by atoms with Crippen LogP contribution in [0.25, 0.3) is 32.8 Å². The van der Waals surface area contributed by atoms with Crippen LogP contribution in [0.1, 0.15) is 0 Å². The van der Waals surface area contributed by atoms with E-state index in [9.17, 15) is 0 Å². The van der Waals surface area contributed by atoms with Gasteiger partial charge in [0.1, 0.15) is 5.65 Å². The first-order chi connectivity index (χ1) is 8.83. The molecule has 2 heterocycles. The highest BCUT2D eigenvalue weighted by Gasteiger charge is 2.09. The summed E-state index contributed by atoms with van der Waals surface area (Å²) in [5.74, 6) is 0. The molecule has 0 saturated heterocycles. The van der Waals surface area contributed by atoms with Gasteiger partial charge in [-0.2, -0.15) is 0 Å². The van der Waals surface area contributed by atoms with E-state index in [-0.39, 0.29) is 0 Å². The van der Waals surface area contributed by atoms with Gasteiger partial charge in [0.25, 0.3) is 0 Å². The Morgan fingerprint density at radius 3 is 2.83 bits per heavy atom. The molecule has 0 bridgehead atoms. The minimum Gasteiger partial charge on any atom is -0.339 e. The number of aromatic amines is 1. The van der Waals surface area contributed by atoms with Crippen LogP contribution >= 0.6 is 15.9 Å². The smallest absolute Gasteiger partial charge is 0.139 e. The molecule has 0 atom stereocenters. The molecule has 0 spiro atoms. The van der Waals surface area contributed by atoms with Crippen molar-refractivity contribution in [3.63, 3.8) is 0 Å². The number of hydrogen-bond donors (Lipinski definition) is 1. The van der Waals surface area contributed by atoms with E-state index < -0.39 is 0 Å². The van der Waals surface area contributed by atoms with Gasteiger partial charge in [0.2, 0.25) is 0 Å². The van der Waals surface area contributed by atoms with Gasteiger partial charge < -0.3 is 4.98 Å². The lowest BCUT2D eigenvalue weighted by Gasteiger charge is -1.98. The van der Waals surface area contributed by atoms with Crippen LogP contribution in [-0.2, 0) is 0 Å². The summed E-state index contributed by atoms with van der Waals surface area (Å²) in [6, 6.07) is 16.5. The van der Waals surface area contributed by atoms with Crippen LogP contribution < -0.4 is 0 Å². The molecule has 0 amide bonds. The van der Waals surface area contributed by atoms with Crippen molar-refractivity contribution < 1.29 is 0 Å². The van der Waals surface area contributed by atoms with E-state index in [1.165, 1.54) is 10.8 Å². The Morgan fingerprint density at radius 2 is 1.89 bits per heavy atom. The molecular weight excluding hydrogens is 288 g/mol. The van der Waals surface area contributed by atoms with Gasteiger partial charge in [0.05, 0.1) is 5.52 Å². The summed E-state index contributed by atoms with van der Waals surface area (Å²) in [6.07, 6.45) is 0. The zero-order valence-corrected chi connectivity index (χ0v) is 11.0. The van der Waals surface area contributed by atoms with Gasteiger partial charge in [-0.15, -0.1) is 0 Å². The molecule has 86 valence electrons. The molecule has 2 aromatic carbocycles. The molecule has 0 unspecified atom stereocenters. The summed E-state index contributed by atoms with van der Waals surface area (Å²) in [4.78, 5) is 8.05. The third-order valence-electron chi connectivity index (χ3n) is 3.26. The van der Waals surface area contributed by atoms with Crippen molar-refractivity contribution in [2.75, 3.05) is 0 Å².